The Morgan fingerprint density at radius 2 is 2.17 bits per heavy atom. The second-order valence-electron chi connectivity index (χ2n) is 5.80. The largest absolute Gasteiger partial charge is 0.393 e. The van der Waals surface area contributed by atoms with Gasteiger partial charge in [-0.15, -0.1) is 0 Å². The van der Waals surface area contributed by atoms with E-state index < -0.39 is 18.3 Å². The number of alkyl halides is 1. The normalized spacial score (nSPS) is 20.8. The molecule has 23 heavy (non-hydrogen) atoms. The number of likely N-dealkylation sites (tertiary alicyclic amines) is 1. The minimum atomic E-state index is -1.73. The van der Waals surface area contributed by atoms with Crippen molar-refractivity contribution in [3.05, 3.63) is 27.2 Å². The second kappa shape index (κ2) is 7.08. The molecule has 0 aromatic carbocycles. The fourth-order valence-electron chi connectivity index (χ4n) is 2.88. The number of hydrogen-bond acceptors (Lipinski definition) is 4. The second-order valence-corrected chi connectivity index (χ2v) is 5.80. The van der Waals surface area contributed by atoms with Gasteiger partial charge < -0.3 is 15.3 Å². The number of carbonyl (C=O) groups excluding carboxylic acids is 1. The molecule has 1 atom stereocenters. The SMILES string of the molecule is CCc1n[nH]c(=O)c(CNC(=O)N2CCC(F)(CO)C2)c1CC. The van der Waals surface area contributed by atoms with Gasteiger partial charge in [0.2, 0.25) is 0 Å². The van der Waals surface area contributed by atoms with Crippen molar-refractivity contribution < 1.29 is 14.3 Å². The van der Waals surface area contributed by atoms with Crippen molar-refractivity contribution in [2.24, 2.45) is 0 Å². The van der Waals surface area contributed by atoms with Crippen LogP contribution in [0.4, 0.5) is 9.18 Å². The number of aryl methyl sites for hydroxylation is 1. The van der Waals surface area contributed by atoms with Gasteiger partial charge in [-0.1, -0.05) is 13.8 Å². The molecule has 0 bridgehead atoms. The van der Waals surface area contributed by atoms with Crippen molar-refractivity contribution in [2.45, 2.75) is 45.3 Å². The van der Waals surface area contributed by atoms with Gasteiger partial charge in [-0.3, -0.25) is 4.79 Å². The van der Waals surface area contributed by atoms with Crippen molar-refractivity contribution in [2.75, 3.05) is 19.7 Å². The van der Waals surface area contributed by atoms with Crippen LogP contribution in [0.2, 0.25) is 0 Å². The van der Waals surface area contributed by atoms with Crippen LogP contribution in [0.25, 0.3) is 0 Å². The molecule has 0 spiro atoms. The van der Waals surface area contributed by atoms with Crippen LogP contribution in [0.1, 0.15) is 37.1 Å². The Bertz CT molecular complexity index is 634. The van der Waals surface area contributed by atoms with Crippen molar-refractivity contribution in [3.63, 3.8) is 0 Å². The maximum absolute atomic E-state index is 14.0. The predicted molar refractivity (Wildman–Crippen MR) is 83.0 cm³/mol. The molecule has 7 nitrogen and oxygen atoms in total. The third-order valence-electron chi connectivity index (χ3n) is 4.26. The number of urea groups is 1. The molecule has 1 aromatic heterocycles. The van der Waals surface area contributed by atoms with Gasteiger partial charge >= 0.3 is 6.03 Å². The topological polar surface area (TPSA) is 98.3 Å². The van der Waals surface area contributed by atoms with E-state index in [4.69, 9.17) is 5.11 Å². The fraction of sp³-hybridized carbons (Fsp3) is 0.667. The quantitative estimate of drug-likeness (QED) is 0.734. The molecule has 1 fully saturated rings. The summed E-state index contributed by atoms with van der Waals surface area (Å²) in [4.78, 5) is 25.4. The summed E-state index contributed by atoms with van der Waals surface area (Å²) in [5.41, 5.74) is 0.0837. The Morgan fingerprint density at radius 1 is 1.43 bits per heavy atom. The standard InChI is InChI=1S/C15H23FN4O3/c1-3-10-11(13(22)19-18-12(10)4-2)7-17-14(23)20-6-5-15(16,8-20)9-21/h21H,3-9H2,1-2H3,(H,17,23)(H,19,22). The Labute approximate surface area is 133 Å². The molecule has 1 aromatic rings. The third kappa shape index (κ3) is 3.69. The number of aromatic nitrogens is 2. The lowest BCUT2D eigenvalue weighted by Crippen LogP contribution is -2.42. The molecule has 1 unspecified atom stereocenters. The Morgan fingerprint density at radius 3 is 2.74 bits per heavy atom. The molecule has 2 rings (SSSR count). The molecule has 0 saturated carbocycles. The van der Waals surface area contributed by atoms with Gasteiger partial charge in [-0.05, 0) is 18.4 Å². The summed E-state index contributed by atoms with van der Waals surface area (Å²) < 4.78 is 14.0. The Balaban J connectivity index is 2.07. The lowest BCUT2D eigenvalue weighted by atomic mass is 10.0. The number of aromatic amines is 1. The number of halogens is 1. The monoisotopic (exact) mass is 326 g/mol. The van der Waals surface area contributed by atoms with Crippen molar-refractivity contribution in [1.29, 1.82) is 0 Å². The number of H-pyrrole nitrogens is 1. The highest BCUT2D eigenvalue weighted by Gasteiger charge is 2.39. The third-order valence-corrected chi connectivity index (χ3v) is 4.26. The molecule has 0 radical (unpaired) electrons. The molecule has 3 N–H and O–H groups in total. The van der Waals surface area contributed by atoms with Crippen LogP contribution in [-0.2, 0) is 19.4 Å². The summed E-state index contributed by atoms with van der Waals surface area (Å²) in [7, 11) is 0. The van der Waals surface area contributed by atoms with Gasteiger partial charge in [-0.2, -0.15) is 5.10 Å². The van der Waals surface area contributed by atoms with Crippen LogP contribution in [-0.4, -0.2) is 51.6 Å². The first kappa shape index (κ1) is 17.4. The van der Waals surface area contributed by atoms with Crippen LogP contribution in [0.15, 0.2) is 4.79 Å². The number of hydrogen-bond donors (Lipinski definition) is 3. The van der Waals surface area contributed by atoms with E-state index in [2.05, 4.69) is 15.5 Å². The summed E-state index contributed by atoms with van der Waals surface area (Å²) in [5.74, 6) is 0. The maximum Gasteiger partial charge on any atom is 0.317 e. The number of aliphatic hydroxyl groups is 1. The summed E-state index contributed by atoms with van der Waals surface area (Å²) in [6.45, 7) is 3.46. The van der Waals surface area contributed by atoms with Gasteiger partial charge in [0, 0.05) is 18.5 Å². The Hall–Kier alpha value is -1.96. The van der Waals surface area contributed by atoms with E-state index in [1.54, 1.807) is 0 Å². The molecule has 1 aliphatic rings. The first-order valence-electron chi connectivity index (χ1n) is 7.86. The summed E-state index contributed by atoms with van der Waals surface area (Å²) in [5, 5.41) is 18.1. The van der Waals surface area contributed by atoms with E-state index in [-0.39, 0.29) is 31.6 Å². The molecule has 0 aliphatic carbocycles. The molecular formula is C15H23FN4O3. The van der Waals surface area contributed by atoms with E-state index in [0.717, 1.165) is 11.3 Å². The molecule has 1 saturated heterocycles. The summed E-state index contributed by atoms with van der Waals surface area (Å²) in [6, 6.07) is -0.436. The van der Waals surface area contributed by atoms with Gasteiger partial charge in [-0.25, -0.2) is 14.3 Å². The molecule has 1 aliphatic heterocycles. The number of nitrogens with one attached hydrogen (secondary N) is 2. The zero-order valence-corrected chi connectivity index (χ0v) is 13.5. The van der Waals surface area contributed by atoms with E-state index in [1.807, 2.05) is 13.8 Å². The highest BCUT2D eigenvalue weighted by Crippen LogP contribution is 2.24. The number of carbonyl (C=O) groups is 1. The average Bonchev–Trinajstić information content (AvgIpc) is 2.96. The fourth-order valence-corrected chi connectivity index (χ4v) is 2.88. The first-order valence-corrected chi connectivity index (χ1v) is 7.86. The molecular weight excluding hydrogens is 303 g/mol. The van der Waals surface area contributed by atoms with Gasteiger partial charge in [0.05, 0.1) is 25.4 Å². The lowest BCUT2D eigenvalue weighted by Gasteiger charge is -2.20. The number of amides is 2. The van der Waals surface area contributed by atoms with Crippen LogP contribution >= 0.6 is 0 Å². The van der Waals surface area contributed by atoms with Gasteiger partial charge in [0.25, 0.3) is 5.56 Å². The first-order chi connectivity index (χ1) is 10.9. The summed E-state index contributed by atoms with van der Waals surface area (Å²) >= 11 is 0. The van der Waals surface area contributed by atoms with E-state index in [0.29, 0.717) is 18.4 Å². The number of aliphatic hydroxyl groups excluding tert-OH is 1. The number of nitrogens with zero attached hydrogens (tertiary/aromatic N) is 2. The van der Waals surface area contributed by atoms with Crippen molar-refractivity contribution in [3.8, 4) is 0 Å². The molecule has 2 amide bonds. The van der Waals surface area contributed by atoms with Gasteiger partial charge in [0.15, 0.2) is 5.67 Å². The van der Waals surface area contributed by atoms with Crippen LogP contribution in [0.5, 0.6) is 0 Å². The average molecular weight is 326 g/mol. The minimum Gasteiger partial charge on any atom is -0.393 e. The lowest BCUT2D eigenvalue weighted by molar-refractivity contribution is 0.0805. The zero-order valence-electron chi connectivity index (χ0n) is 13.5. The molecule has 8 heteroatoms. The van der Waals surface area contributed by atoms with Crippen LogP contribution < -0.4 is 10.9 Å². The number of rotatable bonds is 5. The summed E-state index contributed by atoms with van der Waals surface area (Å²) in [6.07, 6.45) is 1.45. The molecule has 128 valence electrons. The highest BCUT2D eigenvalue weighted by molar-refractivity contribution is 5.74. The highest BCUT2D eigenvalue weighted by atomic mass is 19.1. The Kier molecular flexibility index (Phi) is 5.35. The van der Waals surface area contributed by atoms with Gasteiger partial charge in [0.1, 0.15) is 0 Å². The van der Waals surface area contributed by atoms with Crippen molar-refractivity contribution >= 4 is 6.03 Å². The van der Waals surface area contributed by atoms with E-state index in [9.17, 15) is 14.0 Å². The minimum absolute atomic E-state index is 0.0712. The van der Waals surface area contributed by atoms with Crippen molar-refractivity contribution in [1.82, 2.24) is 20.4 Å². The maximum atomic E-state index is 14.0. The molecule has 2 heterocycles. The zero-order chi connectivity index (χ0) is 17.0. The van der Waals surface area contributed by atoms with Crippen LogP contribution in [0.3, 0.4) is 0 Å². The predicted octanol–water partition coefficient (Wildman–Crippen LogP) is 0.511. The van der Waals surface area contributed by atoms with Crippen LogP contribution in [0, 0.1) is 0 Å². The van der Waals surface area contributed by atoms with E-state index >= 15 is 0 Å². The van der Waals surface area contributed by atoms with E-state index in [1.165, 1.54) is 4.90 Å². The smallest absolute Gasteiger partial charge is 0.317 e.